The molecule has 3 rings (SSSR count). The van der Waals surface area contributed by atoms with Crippen molar-refractivity contribution in [2.75, 3.05) is 0 Å². The standard InChI is InChI=1S/C13H12NO2P/c1-2-6-11(7-3-1)10-14-17-15-12-8-4-5-9-13(12)16-17/h1-9,14H,10H2. The number of hydrogen-bond acceptors (Lipinski definition) is 3. The molecule has 4 heteroatoms. The first-order valence-electron chi connectivity index (χ1n) is 5.44. The van der Waals surface area contributed by atoms with E-state index in [9.17, 15) is 0 Å². The van der Waals surface area contributed by atoms with Crippen molar-refractivity contribution in [1.29, 1.82) is 0 Å². The minimum Gasteiger partial charge on any atom is -0.423 e. The maximum atomic E-state index is 5.66. The van der Waals surface area contributed by atoms with Gasteiger partial charge in [-0.05, 0) is 17.7 Å². The van der Waals surface area contributed by atoms with Gasteiger partial charge < -0.3 is 9.05 Å². The van der Waals surface area contributed by atoms with Crippen LogP contribution in [0, 0.1) is 0 Å². The fraction of sp³-hybridized carbons (Fsp3) is 0.0769. The van der Waals surface area contributed by atoms with Crippen LogP contribution in [0.15, 0.2) is 54.6 Å². The van der Waals surface area contributed by atoms with E-state index >= 15 is 0 Å². The fourth-order valence-corrected chi connectivity index (χ4v) is 2.75. The third-order valence-electron chi connectivity index (χ3n) is 2.47. The quantitative estimate of drug-likeness (QED) is 0.840. The highest BCUT2D eigenvalue weighted by molar-refractivity contribution is 7.46. The largest absolute Gasteiger partial charge is 0.423 e. The van der Waals surface area contributed by atoms with Gasteiger partial charge in [0.1, 0.15) is 0 Å². The Morgan fingerprint density at radius 2 is 1.41 bits per heavy atom. The van der Waals surface area contributed by atoms with Crippen LogP contribution in [0.4, 0.5) is 0 Å². The Hall–Kier alpha value is -1.57. The van der Waals surface area contributed by atoms with Gasteiger partial charge in [0, 0.05) is 6.54 Å². The molecule has 2 aromatic rings. The highest BCUT2D eigenvalue weighted by Gasteiger charge is 2.25. The Labute approximate surface area is 101 Å². The van der Waals surface area contributed by atoms with Crippen molar-refractivity contribution in [3.05, 3.63) is 60.2 Å². The maximum absolute atomic E-state index is 5.66. The van der Waals surface area contributed by atoms with Crippen LogP contribution >= 0.6 is 8.53 Å². The molecule has 0 bridgehead atoms. The summed E-state index contributed by atoms with van der Waals surface area (Å²) in [5.74, 6) is 1.64. The molecule has 1 aliphatic rings. The van der Waals surface area contributed by atoms with Gasteiger partial charge in [0.25, 0.3) is 0 Å². The molecule has 2 aromatic carbocycles. The summed E-state index contributed by atoms with van der Waals surface area (Å²) in [6, 6.07) is 17.9. The van der Waals surface area contributed by atoms with Crippen molar-refractivity contribution in [2.45, 2.75) is 6.54 Å². The molecule has 86 valence electrons. The van der Waals surface area contributed by atoms with Crippen LogP contribution in [-0.2, 0) is 6.54 Å². The smallest absolute Gasteiger partial charge is 0.382 e. The van der Waals surface area contributed by atoms with E-state index in [4.69, 9.17) is 9.05 Å². The summed E-state index contributed by atoms with van der Waals surface area (Å²) in [6.45, 7) is 0.751. The van der Waals surface area contributed by atoms with E-state index in [1.54, 1.807) is 0 Å². The molecule has 3 nitrogen and oxygen atoms in total. The summed E-state index contributed by atoms with van der Waals surface area (Å²) >= 11 is 0. The van der Waals surface area contributed by atoms with Crippen LogP contribution < -0.4 is 14.1 Å². The van der Waals surface area contributed by atoms with E-state index in [0.717, 1.165) is 18.0 Å². The number of para-hydroxylation sites is 2. The van der Waals surface area contributed by atoms with E-state index in [-0.39, 0.29) is 0 Å². The van der Waals surface area contributed by atoms with Gasteiger partial charge in [-0.15, -0.1) is 0 Å². The topological polar surface area (TPSA) is 30.5 Å². The van der Waals surface area contributed by atoms with Gasteiger partial charge in [-0.2, -0.15) is 0 Å². The first-order chi connectivity index (χ1) is 8.42. The molecular weight excluding hydrogens is 233 g/mol. The lowest BCUT2D eigenvalue weighted by molar-refractivity contribution is 0.550. The Morgan fingerprint density at radius 3 is 2.06 bits per heavy atom. The lowest BCUT2D eigenvalue weighted by Gasteiger charge is -2.09. The number of rotatable bonds is 3. The number of benzene rings is 2. The normalized spacial score (nSPS) is 13.9. The van der Waals surface area contributed by atoms with Gasteiger partial charge in [-0.25, -0.2) is 5.09 Å². The zero-order chi connectivity index (χ0) is 11.5. The molecule has 1 N–H and O–H groups in total. The molecule has 1 heterocycles. The molecule has 1 aliphatic heterocycles. The predicted molar refractivity (Wildman–Crippen MR) is 67.9 cm³/mol. The van der Waals surface area contributed by atoms with Crippen molar-refractivity contribution in [2.24, 2.45) is 0 Å². The molecule has 0 unspecified atom stereocenters. The van der Waals surface area contributed by atoms with Crippen LogP contribution in [0.3, 0.4) is 0 Å². The highest BCUT2D eigenvalue weighted by Crippen LogP contribution is 2.49. The van der Waals surface area contributed by atoms with Crippen molar-refractivity contribution < 1.29 is 9.05 Å². The van der Waals surface area contributed by atoms with E-state index in [1.165, 1.54) is 5.56 Å². The second kappa shape index (κ2) is 4.74. The van der Waals surface area contributed by atoms with Crippen molar-refractivity contribution in [1.82, 2.24) is 5.09 Å². The number of fused-ring (bicyclic) bond motifs is 1. The first kappa shape index (κ1) is 10.6. The van der Waals surface area contributed by atoms with Crippen molar-refractivity contribution >= 4 is 8.53 Å². The third kappa shape index (κ3) is 2.41. The summed E-state index contributed by atoms with van der Waals surface area (Å²) in [4.78, 5) is 0. The van der Waals surface area contributed by atoms with Crippen LogP contribution in [0.2, 0.25) is 0 Å². The second-order valence-electron chi connectivity index (χ2n) is 3.71. The van der Waals surface area contributed by atoms with Crippen molar-refractivity contribution in [3.8, 4) is 11.5 Å². The zero-order valence-electron chi connectivity index (χ0n) is 9.17. The molecule has 0 saturated heterocycles. The fourth-order valence-electron chi connectivity index (χ4n) is 1.61. The zero-order valence-corrected chi connectivity index (χ0v) is 10.1. The minimum absolute atomic E-state index is 0.751. The summed E-state index contributed by atoms with van der Waals surface area (Å²) in [7, 11) is -1.05. The van der Waals surface area contributed by atoms with Crippen LogP contribution in [0.5, 0.6) is 11.5 Å². The first-order valence-corrected chi connectivity index (χ1v) is 6.62. The van der Waals surface area contributed by atoms with Gasteiger partial charge in [0.05, 0.1) is 0 Å². The van der Waals surface area contributed by atoms with Gasteiger partial charge >= 0.3 is 8.53 Å². The van der Waals surface area contributed by atoms with Gasteiger partial charge in [-0.1, -0.05) is 42.5 Å². The molecule has 0 radical (unpaired) electrons. The van der Waals surface area contributed by atoms with Gasteiger partial charge in [0.15, 0.2) is 11.5 Å². The molecule has 17 heavy (non-hydrogen) atoms. The minimum atomic E-state index is -1.05. The van der Waals surface area contributed by atoms with E-state index in [2.05, 4.69) is 17.2 Å². The van der Waals surface area contributed by atoms with Crippen molar-refractivity contribution in [3.63, 3.8) is 0 Å². The Kier molecular flexibility index (Phi) is 2.95. The molecule has 0 atom stereocenters. The maximum Gasteiger partial charge on any atom is 0.382 e. The molecule has 0 fully saturated rings. The molecule has 0 amide bonds. The Bertz CT molecular complexity index is 479. The van der Waals surface area contributed by atoms with Gasteiger partial charge in [0.2, 0.25) is 0 Å². The summed E-state index contributed by atoms with van der Waals surface area (Å²) in [6.07, 6.45) is 0. The Balaban J connectivity index is 1.59. The summed E-state index contributed by atoms with van der Waals surface area (Å²) in [5.41, 5.74) is 1.22. The molecule has 0 spiro atoms. The monoisotopic (exact) mass is 245 g/mol. The van der Waals surface area contributed by atoms with E-state index in [0.29, 0.717) is 0 Å². The predicted octanol–water partition coefficient (Wildman–Crippen LogP) is 3.47. The van der Waals surface area contributed by atoms with E-state index in [1.807, 2.05) is 42.5 Å². The van der Waals surface area contributed by atoms with Crippen LogP contribution in [-0.4, -0.2) is 0 Å². The summed E-state index contributed by atoms with van der Waals surface area (Å²) in [5, 5.41) is 3.27. The third-order valence-corrected chi connectivity index (χ3v) is 3.61. The molecule has 0 aromatic heterocycles. The SMILES string of the molecule is c1ccc(CNP2Oc3ccccc3O2)cc1. The van der Waals surface area contributed by atoms with Crippen LogP contribution in [0.1, 0.15) is 5.56 Å². The highest BCUT2D eigenvalue weighted by atomic mass is 31.2. The second-order valence-corrected chi connectivity index (χ2v) is 4.90. The van der Waals surface area contributed by atoms with E-state index < -0.39 is 8.53 Å². The van der Waals surface area contributed by atoms with Crippen LogP contribution in [0.25, 0.3) is 0 Å². The lowest BCUT2D eigenvalue weighted by atomic mass is 10.2. The molecular formula is C13H12NO2P. The number of nitrogens with one attached hydrogen (secondary N) is 1. The summed E-state index contributed by atoms with van der Waals surface area (Å²) < 4.78 is 11.3. The average molecular weight is 245 g/mol. The Morgan fingerprint density at radius 1 is 0.824 bits per heavy atom. The molecule has 0 saturated carbocycles. The lowest BCUT2D eigenvalue weighted by Crippen LogP contribution is -2.10. The average Bonchev–Trinajstić information content (AvgIpc) is 2.80. The number of hydrogen-bond donors (Lipinski definition) is 1. The molecule has 0 aliphatic carbocycles. The van der Waals surface area contributed by atoms with Gasteiger partial charge in [-0.3, -0.25) is 0 Å².